The van der Waals surface area contributed by atoms with Crippen LogP contribution in [-0.4, -0.2) is 37.1 Å². The molecule has 1 aliphatic carbocycles. The molecular weight excluding hydrogens is 412 g/mol. The summed E-state index contributed by atoms with van der Waals surface area (Å²) in [6.07, 6.45) is 7.66. The minimum Gasteiger partial charge on any atom is -0.423 e. The zero-order valence-corrected chi connectivity index (χ0v) is 19.6. The van der Waals surface area contributed by atoms with Gasteiger partial charge in [0.05, 0.1) is 0 Å². The van der Waals surface area contributed by atoms with E-state index < -0.39 is 0 Å². The number of benzene rings is 2. The molecule has 0 spiro atoms. The average Bonchev–Trinajstić information content (AvgIpc) is 3.54. The average molecular weight is 447 g/mol. The maximum absolute atomic E-state index is 12.8. The Morgan fingerprint density at radius 3 is 2.64 bits per heavy atom. The van der Waals surface area contributed by atoms with Crippen LogP contribution >= 0.6 is 0 Å². The Morgan fingerprint density at radius 1 is 1.12 bits per heavy atom. The fourth-order valence-electron chi connectivity index (χ4n) is 5.27. The Kier molecular flexibility index (Phi) is 6.36. The molecule has 1 aromatic heterocycles. The summed E-state index contributed by atoms with van der Waals surface area (Å²) in [6.45, 7) is 4.32. The fourth-order valence-corrected chi connectivity index (χ4v) is 5.27. The normalized spacial score (nSPS) is 20.1. The van der Waals surface area contributed by atoms with Crippen molar-refractivity contribution in [2.75, 3.05) is 30.4 Å². The molecule has 174 valence electrons. The molecule has 2 aromatic carbocycles. The van der Waals surface area contributed by atoms with Crippen LogP contribution in [0.4, 0.5) is 11.7 Å². The van der Waals surface area contributed by atoms with Crippen LogP contribution in [0, 0.1) is 5.92 Å². The number of nitrogens with zero attached hydrogens (tertiary/aromatic N) is 2. The van der Waals surface area contributed by atoms with Crippen molar-refractivity contribution in [1.29, 1.82) is 0 Å². The number of nitrogens with one attached hydrogen (secondary N) is 2. The summed E-state index contributed by atoms with van der Waals surface area (Å²) in [5.74, 6) is 1.13. The summed E-state index contributed by atoms with van der Waals surface area (Å²) in [7, 11) is 2.04. The zero-order chi connectivity index (χ0) is 22.8. The molecule has 1 amide bonds. The Balaban J connectivity index is 1.26. The maximum atomic E-state index is 12.8. The molecule has 3 aromatic rings. The van der Waals surface area contributed by atoms with Gasteiger partial charge >= 0.3 is 0 Å². The quantitative estimate of drug-likeness (QED) is 0.519. The number of fused-ring (bicyclic) bond motifs is 1. The number of aromatic nitrogens is 1. The first-order valence-electron chi connectivity index (χ1n) is 12.3. The van der Waals surface area contributed by atoms with Gasteiger partial charge in [-0.2, -0.15) is 4.98 Å². The van der Waals surface area contributed by atoms with Crippen molar-refractivity contribution in [2.45, 2.75) is 57.4 Å². The molecule has 5 rings (SSSR count). The molecule has 6 nitrogen and oxygen atoms in total. The number of anilines is 2. The van der Waals surface area contributed by atoms with Crippen molar-refractivity contribution in [3.63, 3.8) is 0 Å². The molecule has 2 heterocycles. The molecule has 1 aliphatic heterocycles. The van der Waals surface area contributed by atoms with E-state index in [9.17, 15) is 4.79 Å². The van der Waals surface area contributed by atoms with Crippen molar-refractivity contribution < 1.29 is 9.21 Å². The first-order chi connectivity index (χ1) is 16.1. The highest BCUT2D eigenvalue weighted by Gasteiger charge is 2.27. The molecule has 0 bridgehead atoms. The highest BCUT2D eigenvalue weighted by atomic mass is 16.4. The number of rotatable bonds is 6. The smallest absolute Gasteiger partial charge is 0.298 e. The van der Waals surface area contributed by atoms with Crippen molar-refractivity contribution in [1.82, 2.24) is 10.3 Å². The summed E-state index contributed by atoms with van der Waals surface area (Å²) in [6, 6.07) is 14.7. The third kappa shape index (κ3) is 4.76. The second-order valence-electron chi connectivity index (χ2n) is 9.69. The lowest BCUT2D eigenvalue weighted by molar-refractivity contribution is 0.102. The van der Waals surface area contributed by atoms with Gasteiger partial charge in [-0.3, -0.25) is 4.79 Å². The first kappa shape index (κ1) is 22.0. The molecule has 6 heteroatoms. The van der Waals surface area contributed by atoms with Crippen molar-refractivity contribution in [3.8, 4) is 0 Å². The Hall–Kier alpha value is -2.86. The van der Waals surface area contributed by atoms with E-state index in [1.807, 2.05) is 37.4 Å². The largest absolute Gasteiger partial charge is 0.423 e. The van der Waals surface area contributed by atoms with Gasteiger partial charge in [0.2, 0.25) is 0 Å². The number of carbonyl (C=O) groups is 1. The SMILES string of the molecule is CC(C1CCNC1)N(C)c1nc2cc(NC(=O)c3ccc(C4CCCCC4)cc3)ccc2o1. The molecule has 1 saturated carbocycles. The summed E-state index contributed by atoms with van der Waals surface area (Å²) in [5.41, 5.74) is 4.23. The van der Waals surface area contributed by atoms with Crippen LogP contribution in [-0.2, 0) is 0 Å². The standard InChI is InChI=1S/C27H34N4O2/c1-18(22-14-15-28-17-22)31(2)27-30-24-16-23(12-13-25(24)33-27)29-26(32)21-10-8-20(9-11-21)19-6-4-3-5-7-19/h8-13,16,18-19,22,28H,3-7,14-15,17H2,1-2H3,(H,29,32). The van der Waals surface area contributed by atoms with Crippen LogP contribution in [0.1, 0.15) is 67.3 Å². The van der Waals surface area contributed by atoms with Crippen LogP contribution in [0.25, 0.3) is 11.1 Å². The second kappa shape index (κ2) is 9.56. The lowest BCUT2D eigenvalue weighted by atomic mass is 9.84. The first-order valence-corrected chi connectivity index (χ1v) is 12.3. The number of hydrogen-bond acceptors (Lipinski definition) is 5. The summed E-state index contributed by atoms with van der Waals surface area (Å²) >= 11 is 0. The predicted molar refractivity (Wildman–Crippen MR) is 133 cm³/mol. The van der Waals surface area contributed by atoms with Crippen molar-refractivity contribution in [2.24, 2.45) is 5.92 Å². The van der Waals surface area contributed by atoms with Crippen LogP contribution in [0.2, 0.25) is 0 Å². The van der Waals surface area contributed by atoms with E-state index in [1.165, 1.54) is 44.1 Å². The highest BCUT2D eigenvalue weighted by Crippen LogP contribution is 2.33. The van der Waals surface area contributed by atoms with E-state index in [4.69, 9.17) is 9.40 Å². The van der Waals surface area contributed by atoms with Crippen molar-refractivity contribution in [3.05, 3.63) is 53.6 Å². The summed E-state index contributed by atoms with van der Waals surface area (Å²) in [4.78, 5) is 19.6. The third-order valence-electron chi connectivity index (χ3n) is 7.58. The molecule has 33 heavy (non-hydrogen) atoms. The van der Waals surface area contributed by atoms with Crippen molar-refractivity contribution >= 4 is 28.7 Å². The second-order valence-corrected chi connectivity index (χ2v) is 9.69. The van der Waals surface area contributed by atoms with Crippen LogP contribution in [0.5, 0.6) is 0 Å². The van der Waals surface area contributed by atoms with E-state index in [1.54, 1.807) is 0 Å². The van der Waals surface area contributed by atoms with Gasteiger partial charge in [0.25, 0.3) is 11.9 Å². The molecule has 2 aliphatic rings. The van der Waals surface area contributed by atoms with E-state index in [-0.39, 0.29) is 5.91 Å². The van der Waals surface area contributed by atoms with Gasteiger partial charge in [0, 0.05) is 24.3 Å². The minimum absolute atomic E-state index is 0.104. The topological polar surface area (TPSA) is 70.4 Å². The van der Waals surface area contributed by atoms with E-state index >= 15 is 0 Å². The number of amides is 1. The van der Waals surface area contributed by atoms with Gasteiger partial charge < -0.3 is 20.0 Å². The number of hydrogen-bond donors (Lipinski definition) is 2. The van der Waals surface area contributed by atoms with Crippen LogP contribution in [0.3, 0.4) is 0 Å². The molecular formula is C27H34N4O2. The van der Waals surface area contributed by atoms with Gasteiger partial charge in [-0.25, -0.2) is 0 Å². The Bertz CT molecular complexity index is 1100. The van der Waals surface area contributed by atoms with Gasteiger partial charge in [0.1, 0.15) is 5.52 Å². The number of oxazole rings is 1. The lowest BCUT2D eigenvalue weighted by Gasteiger charge is -2.27. The third-order valence-corrected chi connectivity index (χ3v) is 7.58. The number of carbonyl (C=O) groups excluding carboxylic acids is 1. The molecule has 2 atom stereocenters. The molecule has 2 N–H and O–H groups in total. The van der Waals surface area contributed by atoms with Gasteiger partial charge in [-0.05, 0) is 87.0 Å². The summed E-state index contributed by atoms with van der Waals surface area (Å²) in [5, 5.41) is 6.44. The molecule has 2 unspecified atom stereocenters. The minimum atomic E-state index is -0.104. The van der Waals surface area contributed by atoms with Gasteiger partial charge in [-0.1, -0.05) is 31.4 Å². The monoisotopic (exact) mass is 446 g/mol. The Morgan fingerprint density at radius 2 is 1.91 bits per heavy atom. The van der Waals surface area contributed by atoms with Crippen LogP contribution in [0.15, 0.2) is 46.9 Å². The van der Waals surface area contributed by atoms with E-state index in [0.29, 0.717) is 29.5 Å². The van der Waals surface area contributed by atoms with E-state index in [2.05, 4.69) is 34.6 Å². The fraction of sp³-hybridized carbons (Fsp3) is 0.481. The molecule has 0 radical (unpaired) electrons. The van der Waals surface area contributed by atoms with Gasteiger partial charge in [-0.15, -0.1) is 0 Å². The molecule has 2 fully saturated rings. The lowest BCUT2D eigenvalue weighted by Crippen LogP contribution is -2.36. The van der Waals surface area contributed by atoms with Crippen LogP contribution < -0.4 is 15.5 Å². The Labute approximate surface area is 195 Å². The highest BCUT2D eigenvalue weighted by molar-refractivity contribution is 6.05. The van der Waals surface area contributed by atoms with Gasteiger partial charge in [0.15, 0.2) is 5.58 Å². The summed E-state index contributed by atoms with van der Waals surface area (Å²) < 4.78 is 6.01. The maximum Gasteiger partial charge on any atom is 0.298 e. The predicted octanol–water partition coefficient (Wildman–Crippen LogP) is 5.56. The zero-order valence-electron chi connectivity index (χ0n) is 19.6. The van der Waals surface area contributed by atoms with E-state index in [0.717, 1.165) is 29.9 Å². The molecule has 1 saturated heterocycles.